The molecule has 0 heterocycles. The number of benzene rings is 2. The smallest absolute Gasteiger partial charge is 0.245 e. The van der Waals surface area contributed by atoms with Crippen LogP contribution in [-0.2, 0) is 6.61 Å². The standard InChI is InChI=1S/C31H40F4O2/c1-3-18-36-28-17-14-26(29(32)30(28)33)20-37-27-15-12-25(13-16-27)24-10-8-23(9-11-24)22-6-4-21(5-7-22)19-31(2,34)35/h12-17,21-24H,3-11,18-20H2,1-2H3. The maximum absolute atomic E-state index is 14.4. The molecule has 4 rings (SSSR count). The average Bonchev–Trinajstić information content (AvgIpc) is 2.89. The second kappa shape index (κ2) is 12.5. The van der Waals surface area contributed by atoms with Gasteiger partial charge in [0.15, 0.2) is 11.6 Å². The monoisotopic (exact) mass is 520 g/mol. The molecule has 2 saturated carbocycles. The molecule has 2 nitrogen and oxygen atoms in total. The van der Waals surface area contributed by atoms with Crippen LogP contribution in [0.4, 0.5) is 17.6 Å². The normalized spacial score (nSPS) is 24.6. The van der Waals surface area contributed by atoms with Crippen LogP contribution in [0.2, 0.25) is 0 Å². The van der Waals surface area contributed by atoms with Gasteiger partial charge in [-0.05, 0) is 118 Å². The van der Waals surface area contributed by atoms with Crippen LogP contribution in [0.25, 0.3) is 0 Å². The first-order valence-electron chi connectivity index (χ1n) is 13.9. The Morgan fingerprint density at radius 1 is 0.784 bits per heavy atom. The lowest BCUT2D eigenvalue weighted by Gasteiger charge is -2.38. The lowest BCUT2D eigenvalue weighted by Crippen LogP contribution is -2.27. The summed E-state index contributed by atoms with van der Waals surface area (Å²) < 4.78 is 66.3. The van der Waals surface area contributed by atoms with Crippen molar-refractivity contribution < 1.29 is 27.0 Å². The molecule has 0 N–H and O–H groups in total. The Balaban J connectivity index is 1.23. The molecule has 0 spiro atoms. The van der Waals surface area contributed by atoms with Gasteiger partial charge >= 0.3 is 0 Å². The molecule has 0 aliphatic heterocycles. The van der Waals surface area contributed by atoms with E-state index in [-0.39, 0.29) is 30.3 Å². The molecule has 2 aliphatic rings. The van der Waals surface area contributed by atoms with Crippen LogP contribution in [0.5, 0.6) is 11.5 Å². The van der Waals surface area contributed by atoms with Gasteiger partial charge in [-0.15, -0.1) is 0 Å². The number of halogens is 4. The van der Waals surface area contributed by atoms with E-state index in [9.17, 15) is 17.6 Å². The van der Waals surface area contributed by atoms with E-state index in [0.717, 1.165) is 57.8 Å². The fourth-order valence-corrected chi connectivity index (χ4v) is 6.30. The first kappa shape index (κ1) is 27.8. The molecule has 37 heavy (non-hydrogen) atoms. The van der Waals surface area contributed by atoms with E-state index in [0.29, 0.717) is 24.2 Å². The van der Waals surface area contributed by atoms with Crippen molar-refractivity contribution in [1.82, 2.24) is 0 Å². The van der Waals surface area contributed by atoms with Crippen molar-refractivity contribution in [3.8, 4) is 11.5 Å². The molecule has 0 aromatic heterocycles. The van der Waals surface area contributed by atoms with Crippen LogP contribution in [-0.4, -0.2) is 12.5 Å². The summed E-state index contributed by atoms with van der Waals surface area (Å²) in [4.78, 5) is 0. The second-order valence-corrected chi connectivity index (χ2v) is 11.2. The summed E-state index contributed by atoms with van der Waals surface area (Å²) in [6.45, 7) is 3.23. The molecule has 2 aromatic rings. The van der Waals surface area contributed by atoms with E-state index in [1.807, 2.05) is 19.1 Å². The molecule has 6 heteroatoms. The molecular formula is C31H40F4O2. The van der Waals surface area contributed by atoms with Gasteiger partial charge in [-0.2, -0.15) is 4.39 Å². The minimum Gasteiger partial charge on any atom is -0.490 e. The first-order valence-corrected chi connectivity index (χ1v) is 13.9. The maximum atomic E-state index is 14.4. The summed E-state index contributed by atoms with van der Waals surface area (Å²) in [5.41, 5.74) is 1.44. The average molecular weight is 521 g/mol. The van der Waals surface area contributed by atoms with Gasteiger partial charge in [0.25, 0.3) is 0 Å². The molecule has 2 fully saturated rings. The number of hydrogen-bond acceptors (Lipinski definition) is 2. The van der Waals surface area contributed by atoms with Gasteiger partial charge in [0.05, 0.1) is 6.61 Å². The molecule has 2 aliphatic carbocycles. The van der Waals surface area contributed by atoms with E-state index >= 15 is 0 Å². The van der Waals surface area contributed by atoms with Crippen molar-refractivity contribution >= 4 is 0 Å². The molecule has 0 unspecified atom stereocenters. The van der Waals surface area contributed by atoms with Crippen LogP contribution < -0.4 is 9.47 Å². The number of alkyl halides is 2. The fourth-order valence-electron chi connectivity index (χ4n) is 6.30. The minimum absolute atomic E-state index is 0.0400. The predicted molar refractivity (Wildman–Crippen MR) is 138 cm³/mol. The van der Waals surface area contributed by atoms with Gasteiger partial charge in [-0.1, -0.05) is 19.1 Å². The molecular weight excluding hydrogens is 480 g/mol. The van der Waals surface area contributed by atoms with E-state index < -0.39 is 17.6 Å². The highest BCUT2D eigenvalue weighted by atomic mass is 19.3. The third-order valence-corrected chi connectivity index (χ3v) is 8.31. The van der Waals surface area contributed by atoms with Gasteiger partial charge in [-0.3, -0.25) is 0 Å². The zero-order chi connectivity index (χ0) is 26.4. The van der Waals surface area contributed by atoms with Gasteiger partial charge in [-0.25, -0.2) is 13.2 Å². The number of ether oxygens (including phenoxy) is 2. The van der Waals surface area contributed by atoms with Gasteiger partial charge in [0.1, 0.15) is 12.4 Å². The van der Waals surface area contributed by atoms with E-state index in [2.05, 4.69) is 12.1 Å². The summed E-state index contributed by atoms with van der Waals surface area (Å²) >= 11 is 0. The number of hydrogen-bond donors (Lipinski definition) is 0. The molecule has 0 amide bonds. The largest absolute Gasteiger partial charge is 0.490 e. The van der Waals surface area contributed by atoms with Gasteiger partial charge < -0.3 is 9.47 Å². The van der Waals surface area contributed by atoms with Crippen LogP contribution in [0.15, 0.2) is 36.4 Å². The predicted octanol–water partition coefficient (Wildman–Crippen LogP) is 9.46. The summed E-state index contributed by atoms with van der Waals surface area (Å²) in [6.07, 6.45) is 9.54. The summed E-state index contributed by atoms with van der Waals surface area (Å²) in [6, 6.07) is 10.9. The summed E-state index contributed by atoms with van der Waals surface area (Å²) in [7, 11) is 0. The third-order valence-electron chi connectivity index (χ3n) is 8.31. The van der Waals surface area contributed by atoms with Crippen LogP contribution in [0, 0.1) is 29.4 Å². The Morgan fingerprint density at radius 3 is 2.00 bits per heavy atom. The lowest BCUT2D eigenvalue weighted by molar-refractivity contribution is -0.0130. The Kier molecular flexibility index (Phi) is 9.41. The van der Waals surface area contributed by atoms with E-state index in [1.165, 1.54) is 30.5 Å². The Morgan fingerprint density at radius 2 is 1.41 bits per heavy atom. The van der Waals surface area contributed by atoms with Gasteiger partial charge in [0, 0.05) is 12.0 Å². The van der Waals surface area contributed by atoms with Crippen LogP contribution in [0.1, 0.15) is 95.1 Å². The molecule has 0 bridgehead atoms. The van der Waals surface area contributed by atoms with Crippen LogP contribution >= 0.6 is 0 Å². The molecule has 204 valence electrons. The first-order chi connectivity index (χ1) is 17.7. The number of rotatable bonds is 10. The van der Waals surface area contributed by atoms with Gasteiger partial charge in [0.2, 0.25) is 11.7 Å². The van der Waals surface area contributed by atoms with Crippen molar-refractivity contribution in [1.29, 1.82) is 0 Å². The fraction of sp³-hybridized carbons (Fsp3) is 0.613. The van der Waals surface area contributed by atoms with E-state index in [4.69, 9.17) is 9.47 Å². The van der Waals surface area contributed by atoms with Crippen molar-refractivity contribution in [3.05, 3.63) is 59.2 Å². The zero-order valence-corrected chi connectivity index (χ0v) is 22.1. The van der Waals surface area contributed by atoms with Crippen molar-refractivity contribution in [2.75, 3.05) is 6.61 Å². The zero-order valence-electron chi connectivity index (χ0n) is 22.1. The van der Waals surface area contributed by atoms with Crippen molar-refractivity contribution in [3.63, 3.8) is 0 Å². The quantitative estimate of drug-likeness (QED) is 0.291. The van der Waals surface area contributed by atoms with E-state index in [1.54, 1.807) is 0 Å². The highest BCUT2D eigenvalue weighted by Crippen LogP contribution is 2.45. The van der Waals surface area contributed by atoms with Crippen molar-refractivity contribution in [2.45, 2.75) is 96.5 Å². The highest BCUT2D eigenvalue weighted by molar-refractivity contribution is 5.33. The Bertz CT molecular complexity index is 986. The molecule has 0 atom stereocenters. The maximum Gasteiger partial charge on any atom is 0.245 e. The molecule has 2 aromatic carbocycles. The summed E-state index contributed by atoms with van der Waals surface area (Å²) in [5.74, 6) is -1.79. The van der Waals surface area contributed by atoms with Crippen molar-refractivity contribution in [2.24, 2.45) is 17.8 Å². The lowest BCUT2D eigenvalue weighted by atomic mass is 9.68. The highest BCUT2D eigenvalue weighted by Gasteiger charge is 2.34. The van der Waals surface area contributed by atoms with Crippen LogP contribution in [0.3, 0.4) is 0 Å². The topological polar surface area (TPSA) is 18.5 Å². The molecule has 0 saturated heterocycles. The third kappa shape index (κ3) is 7.64. The minimum atomic E-state index is -2.54. The second-order valence-electron chi connectivity index (χ2n) is 11.2. The summed E-state index contributed by atoms with van der Waals surface area (Å²) in [5, 5.41) is 0. The Labute approximate surface area is 218 Å². The SMILES string of the molecule is CCCOc1ccc(COc2ccc(C3CCC(C4CCC(CC(C)(F)F)CC4)CC3)cc2)c(F)c1F. The molecule has 0 radical (unpaired) electrons. The Hall–Kier alpha value is -2.24.